The molecule has 2 heterocycles. The van der Waals surface area contributed by atoms with Gasteiger partial charge in [0.2, 0.25) is 11.8 Å². The van der Waals surface area contributed by atoms with Gasteiger partial charge in [-0.25, -0.2) is 4.98 Å². The molecule has 3 aromatic rings. The van der Waals surface area contributed by atoms with E-state index < -0.39 is 0 Å². The molecule has 0 spiro atoms. The summed E-state index contributed by atoms with van der Waals surface area (Å²) in [6.45, 7) is 4.16. The Labute approximate surface area is 140 Å². The van der Waals surface area contributed by atoms with Gasteiger partial charge in [0.15, 0.2) is 0 Å². The monoisotopic (exact) mass is 324 g/mol. The summed E-state index contributed by atoms with van der Waals surface area (Å²) in [4.78, 5) is 18.5. The molecule has 0 bridgehead atoms. The molecule has 0 aliphatic rings. The Kier molecular flexibility index (Phi) is 4.51. The van der Waals surface area contributed by atoms with Crippen molar-refractivity contribution in [2.75, 3.05) is 7.05 Å². The second-order valence-electron chi connectivity index (χ2n) is 5.83. The summed E-state index contributed by atoms with van der Waals surface area (Å²) in [5.74, 6) is 2.79. The predicted molar refractivity (Wildman–Crippen MR) is 90.3 cm³/mol. The fraction of sp³-hybridized carbons (Fsp3) is 0.263. The molecule has 0 atom stereocenters. The fourth-order valence-corrected chi connectivity index (χ4v) is 2.47. The van der Waals surface area contributed by atoms with Crippen LogP contribution in [0.5, 0.6) is 0 Å². The molecule has 5 heteroatoms. The van der Waals surface area contributed by atoms with E-state index in [-0.39, 0.29) is 12.3 Å². The summed E-state index contributed by atoms with van der Waals surface area (Å²) in [5, 5.41) is 0. The molecule has 3 rings (SSSR count). The van der Waals surface area contributed by atoms with Crippen molar-refractivity contribution in [2.45, 2.75) is 26.8 Å². The van der Waals surface area contributed by atoms with Crippen molar-refractivity contribution in [1.82, 2.24) is 9.88 Å². The highest BCUT2D eigenvalue weighted by Gasteiger charge is 2.18. The fourth-order valence-electron chi connectivity index (χ4n) is 2.47. The van der Waals surface area contributed by atoms with Crippen LogP contribution in [0.1, 0.15) is 23.0 Å². The second-order valence-corrected chi connectivity index (χ2v) is 5.83. The Morgan fingerprint density at radius 1 is 1.08 bits per heavy atom. The van der Waals surface area contributed by atoms with Gasteiger partial charge in [0, 0.05) is 12.6 Å². The van der Waals surface area contributed by atoms with Crippen LogP contribution in [0.3, 0.4) is 0 Å². The Balaban J connectivity index is 1.69. The quantitative estimate of drug-likeness (QED) is 0.717. The number of aromatic nitrogens is 1. The molecule has 1 aromatic carbocycles. The zero-order chi connectivity index (χ0) is 17.1. The summed E-state index contributed by atoms with van der Waals surface area (Å²) >= 11 is 0. The maximum atomic E-state index is 12.4. The predicted octanol–water partition coefficient (Wildman–Crippen LogP) is 3.75. The number of furan rings is 1. The molecule has 0 saturated carbocycles. The molecule has 0 unspecified atom stereocenters. The number of nitrogens with zero attached hydrogens (tertiary/aromatic N) is 2. The second kappa shape index (κ2) is 6.74. The van der Waals surface area contributed by atoms with Crippen LogP contribution in [-0.2, 0) is 17.8 Å². The van der Waals surface area contributed by atoms with Gasteiger partial charge >= 0.3 is 0 Å². The summed E-state index contributed by atoms with van der Waals surface area (Å²) in [6, 6.07) is 13.4. The van der Waals surface area contributed by atoms with Crippen LogP contribution < -0.4 is 0 Å². The Morgan fingerprint density at radius 2 is 1.83 bits per heavy atom. The number of likely N-dealkylation sites (N-methyl/N-ethyl adjacent to an activating group) is 1. The minimum atomic E-state index is -0.0277. The number of oxazole rings is 1. The first-order chi connectivity index (χ1) is 11.5. The van der Waals surface area contributed by atoms with Crippen LogP contribution in [0.2, 0.25) is 0 Å². The number of benzene rings is 1. The molecule has 2 aromatic heterocycles. The van der Waals surface area contributed by atoms with Gasteiger partial charge in [0.1, 0.15) is 17.3 Å². The van der Waals surface area contributed by atoms with Gasteiger partial charge in [-0.05, 0) is 38.1 Å². The van der Waals surface area contributed by atoms with Crippen molar-refractivity contribution in [1.29, 1.82) is 0 Å². The number of amides is 1. The minimum Gasteiger partial charge on any atom is -0.464 e. The van der Waals surface area contributed by atoms with Crippen molar-refractivity contribution < 1.29 is 13.6 Å². The van der Waals surface area contributed by atoms with Gasteiger partial charge in [-0.3, -0.25) is 4.79 Å². The maximum absolute atomic E-state index is 12.4. The molecule has 1 amide bonds. The molecular formula is C19H20N2O3. The third kappa shape index (κ3) is 3.56. The van der Waals surface area contributed by atoms with Crippen LogP contribution in [0.15, 0.2) is 51.3 Å². The SMILES string of the molecule is Cc1ccc(CN(C)C(=O)Cc2nc(-c3ccccc3)oc2C)o1. The van der Waals surface area contributed by atoms with Crippen molar-refractivity contribution >= 4 is 5.91 Å². The highest BCUT2D eigenvalue weighted by Crippen LogP contribution is 2.22. The van der Waals surface area contributed by atoms with E-state index in [1.165, 1.54) is 0 Å². The number of aryl methyl sites for hydroxylation is 2. The van der Waals surface area contributed by atoms with Crippen LogP contribution in [0.4, 0.5) is 0 Å². The van der Waals surface area contributed by atoms with E-state index in [2.05, 4.69) is 4.98 Å². The minimum absolute atomic E-state index is 0.0277. The van der Waals surface area contributed by atoms with Crippen molar-refractivity contribution in [3.8, 4) is 11.5 Å². The van der Waals surface area contributed by atoms with Crippen molar-refractivity contribution in [3.63, 3.8) is 0 Å². The highest BCUT2D eigenvalue weighted by molar-refractivity contribution is 5.78. The normalized spacial score (nSPS) is 10.8. The van der Waals surface area contributed by atoms with Crippen molar-refractivity contribution in [3.05, 3.63) is 65.4 Å². The Morgan fingerprint density at radius 3 is 2.50 bits per heavy atom. The van der Waals surface area contributed by atoms with E-state index in [0.29, 0.717) is 23.9 Å². The van der Waals surface area contributed by atoms with Crippen LogP contribution in [0, 0.1) is 13.8 Å². The maximum Gasteiger partial charge on any atom is 0.228 e. The van der Waals surface area contributed by atoms with Gasteiger partial charge < -0.3 is 13.7 Å². The molecule has 0 aliphatic carbocycles. The van der Waals surface area contributed by atoms with Gasteiger partial charge in [0.05, 0.1) is 18.7 Å². The number of hydrogen-bond donors (Lipinski definition) is 0. The van der Waals surface area contributed by atoms with Gasteiger partial charge in [0.25, 0.3) is 0 Å². The zero-order valence-electron chi connectivity index (χ0n) is 14.1. The van der Waals surface area contributed by atoms with Crippen LogP contribution in [-0.4, -0.2) is 22.8 Å². The molecular weight excluding hydrogens is 304 g/mol. The zero-order valence-corrected chi connectivity index (χ0v) is 14.1. The largest absolute Gasteiger partial charge is 0.464 e. The molecule has 0 radical (unpaired) electrons. The smallest absolute Gasteiger partial charge is 0.228 e. The summed E-state index contributed by atoms with van der Waals surface area (Å²) < 4.78 is 11.2. The van der Waals surface area contributed by atoms with E-state index in [4.69, 9.17) is 8.83 Å². The lowest BCUT2D eigenvalue weighted by atomic mass is 10.2. The Bertz CT molecular complexity index is 833. The van der Waals surface area contributed by atoms with E-state index >= 15 is 0 Å². The highest BCUT2D eigenvalue weighted by atomic mass is 16.4. The lowest BCUT2D eigenvalue weighted by molar-refractivity contribution is -0.130. The standard InChI is InChI=1S/C19H20N2O3/c1-13-9-10-16(23-13)12-21(3)18(22)11-17-14(2)24-19(20-17)15-7-5-4-6-8-15/h4-10H,11-12H2,1-3H3. The number of hydrogen-bond acceptors (Lipinski definition) is 4. The summed E-state index contributed by atoms with van der Waals surface area (Å²) in [6.07, 6.45) is 0.207. The van der Waals surface area contributed by atoms with Gasteiger partial charge in [-0.15, -0.1) is 0 Å². The van der Waals surface area contributed by atoms with Gasteiger partial charge in [-0.1, -0.05) is 18.2 Å². The molecule has 0 saturated heterocycles. The molecule has 5 nitrogen and oxygen atoms in total. The lowest BCUT2D eigenvalue weighted by Crippen LogP contribution is -2.27. The molecule has 0 aliphatic heterocycles. The third-order valence-corrected chi connectivity index (χ3v) is 3.85. The van der Waals surface area contributed by atoms with Crippen LogP contribution in [0.25, 0.3) is 11.5 Å². The number of carbonyl (C=O) groups excluding carboxylic acids is 1. The van der Waals surface area contributed by atoms with Crippen LogP contribution >= 0.6 is 0 Å². The van der Waals surface area contributed by atoms with E-state index in [0.717, 1.165) is 17.1 Å². The van der Waals surface area contributed by atoms with Gasteiger partial charge in [-0.2, -0.15) is 0 Å². The number of carbonyl (C=O) groups is 1. The average Bonchev–Trinajstić information content (AvgIpc) is 3.14. The third-order valence-electron chi connectivity index (χ3n) is 3.85. The molecule has 24 heavy (non-hydrogen) atoms. The first-order valence-corrected chi connectivity index (χ1v) is 7.84. The summed E-state index contributed by atoms with van der Waals surface area (Å²) in [7, 11) is 1.76. The topological polar surface area (TPSA) is 59.5 Å². The first-order valence-electron chi connectivity index (χ1n) is 7.84. The molecule has 124 valence electrons. The Hall–Kier alpha value is -2.82. The van der Waals surface area contributed by atoms with Crippen molar-refractivity contribution in [2.24, 2.45) is 0 Å². The molecule has 0 fully saturated rings. The number of rotatable bonds is 5. The first kappa shape index (κ1) is 16.1. The summed E-state index contributed by atoms with van der Waals surface area (Å²) in [5.41, 5.74) is 1.57. The van der Waals surface area contributed by atoms with E-state index in [9.17, 15) is 4.79 Å². The van der Waals surface area contributed by atoms with E-state index in [1.807, 2.05) is 56.3 Å². The lowest BCUT2D eigenvalue weighted by Gasteiger charge is -2.15. The molecule has 0 N–H and O–H groups in total. The van der Waals surface area contributed by atoms with E-state index in [1.54, 1.807) is 11.9 Å². The average molecular weight is 324 g/mol.